The van der Waals surface area contributed by atoms with Crippen molar-refractivity contribution in [1.29, 1.82) is 0 Å². The fourth-order valence-corrected chi connectivity index (χ4v) is 4.17. The van der Waals surface area contributed by atoms with Crippen molar-refractivity contribution < 1.29 is 23.8 Å². The van der Waals surface area contributed by atoms with Crippen molar-refractivity contribution in [2.45, 2.75) is 18.7 Å². The van der Waals surface area contributed by atoms with E-state index >= 15 is 0 Å². The van der Waals surface area contributed by atoms with Crippen LogP contribution in [0, 0.1) is 0 Å². The topological polar surface area (TPSA) is 111 Å². The standard InChI is InChI=1S/C26H26N4O5.ClH/c1-33-23-9-21-6-5-17(23)12-29-25(31)15-34-20-4-2-3-16(8-20)18-7-19(11-27-10-18)26(32)30-22-13-28-14-24(22)35-21;/h2-11,22,24,28H,12-15H2,1H3,(H,29,31)(H,30,32);1H/t22-,24-;/m0./s1. The van der Waals surface area contributed by atoms with Gasteiger partial charge in [0.2, 0.25) is 0 Å². The second-order valence-corrected chi connectivity index (χ2v) is 8.42. The zero-order chi connectivity index (χ0) is 24.2. The second kappa shape index (κ2) is 11.3. The molecule has 2 amide bonds. The van der Waals surface area contributed by atoms with E-state index in [0.29, 0.717) is 35.9 Å². The van der Waals surface area contributed by atoms with E-state index in [9.17, 15) is 9.59 Å². The van der Waals surface area contributed by atoms with E-state index in [1.807, 2.05) is 30.3 Å². The van der Waals surface area contributed by atoms with Crippen molar-refractivity contribution in [2.24, 2.45) is 0 Å². The molecule has 3 N–H and O–H groups in total. The Hall–Kier alpha value is -3.82. The van der Waals surface area contributed by atoms with Crippen LogP contribution in [0.2, 0.25) is 0 Å². The molecule has 1 aromatic heterocycles. The normalized spacial score (nSPS) is 19.5. The Kier molecular flexibility index (Phi) is 7.92. The zero-order valence-electron chi connectivity index (χ0n) is 19.7. The molecule has 2 aromatic carbocycles. The molecule has 188 valence electrons. The fourth-order valence-electron chi connectivity index (χ4n) is 4.17. The smallest absolute Gasteiger partial charge is 0.258 e. The number of benzene rings is 2. The molecule has 4 heterocycles. The van der Waals surface area contributed by atoms with Gasteiger partial charge in [0.1, 0.15) is 23.4 Å². The van der Waals surface area contributed by atoms with E-state index in [1.54, 1.807) is 31.5 Å². The van der Waals surface area contributed by atoms with E-state index in [2.05, 4.69) is 20.9 Å². The van der Waals surface area contributed by atoms with Gasteiger partial charge < -0.3 is 30.2 Å². The van der Waals surface area contributed by atoms with Gasteiger partial charge in [-0.2, -0.15) is 0 Å². The molecule has 0 unspecified atom stereocenters. The third-order valence-corrected chi connectivity index (χ3v) is 6.03. The van der Waals surface area contributed by atoms with Crippen molar-refractivity contribution in [2.75, 3.05) is 26.8 Å². The van der Waals surface area contributed by atoms with Crippen LogP contribution in [-0.4, -0.2) is 55.8 Å². The minimum Gasteiger partial charge on any atom is -0.496 e. The van der Waals surface area contributed by atoms with Crippen LogP contribution in [-0.2, 0) is 11.3 Å². The van der Waals surface area contributed by atoms with Crippen molar-refractivity contribution in [1.82, 2.24) is 20.9 Å². The minimum absolute atomic E-state index is 0. The number of aromatic nitrogens is 1. The third kappa shape index (κ3) is 5.69. The first-order valence-corrected chi connectivity index (χ1v) is 11.4. The van der Waals surface area contributed by atoms with Gasteiger partial charge in [0.25, 0.3) is 11.8 Å². The van der Waals surface area contributed by atoms with Crippen molar-refractivity contribution in [3.8, 4) is 28.4 Å². The Morgan fingerprint density at radius 1 is 0.972 bits per heavy atom. The number of halogens is 1. The number of carbonyl (C=O) groups is 2. The molecule has 3 aliphatic rings. The lowest BCUT2D eigenvalue weighted by atomic mass is 10.1. The number of nitrogens with one attached hydrogen (secondary N) is 3. The largest absolute Gasteiger partial charge is 0.496 e. The molecule has 3 aliphatic heterocycles. The number of fused-ring (bicyclic) bond motifs is 7. The number of carbonyl (C=O) groups excluding carboxylic acids is 2. The van der Waals surface area contributed by atoms with E-state index in [1.165, 1.54) is 6.20 Å². The van der Waals surface area contributed by atoms with E-state index in [-0.39, 0.29) is 49.5 Å². The molecule has 1 saturated heterocycles. The number of pyridine rings is 1. The number of methoxy groups -OCH3 is 1. The molecule has 0 spiro atoms. The van der Waals surface area contributed by atoms with Gasteiger partial charge in [-0.25, -0.2) is 0 Å². The summed E-state index contributed by atoms with van der Waals surface area (Å²) < 4.78 is 17.4. The molecular formula is C26H27ClN4O5. The lowest BCUT2D eigenvalue weighted by Gasteiger charge is -2.22. The third-order valence-electron chi connectivity index (χ3n) is 6.03. The van der Waals surface area contributed by atoms with Gasteiger partial charge in [-0.1, -0.05) is 12.1 Å². The highest BCUT2D eigenvalue weighted by molar-refractivity contribution is 5.95. The molecule has 3 aromatic rings. The molecule has 36 heavy (non-hydrogen) atoms. The highest BCUT2D eigenvalue weighted by Crippen LogP contribution is 2.27. The van der Waals surface area contributed by atoms with E-state index in [0.717, 1.165) is 16.7 Å². The lowest BCUT2D eigenvalue weighted by Crippen LogP contribution is -2.45. The predicted molar refractivity (Wildman–Crippen MR) is 136 cm³/mol. The van der Waals surface area contributed by atoms with Gasteiger partial charge >= 0.3 is 0 Å². The molecule has 6 rings (SSSR count). The molecule has 9 nitrogen and oxygen atoms in total. The first-order chi connectivity index (χ1) is 17.1. The highest BCUT2D eigenvalue weighted by atomic mass is 35.5. The molecule has 6 bridgehead atoms. The van der Waals surface area contributed by atoms with E-state index < -0.39 is 0 Å². The summed E-state index contributed by atoms with van der Waals surface area (Å²) >= 11 is 0. The number of amides is 2. The summed E-state index contributed by atoms with van der Waals surface area (Å²) in [5.41, 5.74) is 2.85. The predicted octanol–water partition coefficient (Wildman–Crippen LogP) is 2.34. The van der Waals surface area contributed by atoms with Crippen LogP contribution < -0.4 is 30.2 Å². The number of nitrogens with zero attached hydrogens (tertiary/aromatic N) is 1. The summed E-state index contributed by atoms with van der Waals surface area (Å²) in [4.78, 5) is 29.7. The number of hydrogen-bond acceptors (Lipinski definition) is 7. The van der Waals surface area contributed by atoms with Gasteiger partial charge in [-0.05, 0) is 35.9 Å². The Morgan fingerprint density at radius 3 is 2.69 bits per heavy atom. The molecule has 0 radical (unpaired) electrons. The quantitative estimate of drug-likeness (QED) is 0.461. The number of rotatable bonds is 1. The maximum Gasteiger partial charge on any atom is 0.258 e. The first-order valence-electron chi connectivity index (χ1n) is 11.4. The Balaban J connectivity index is 0.00000304. The van der Waals surface area contributed by atoms with Crippen molar-refractivity contribution >= 4 is 24.2 Å². The lowest BCUT2D eigenvalue weighted by molar-refractivity contribution is -0.123. The SMILES string of the molecule is COc1cc2ccc1CNC(=O)COc1cccc(c1)-c1cncc(c1)C(=O)N[C@H]1CNC[C@@H]1O2.Cl. The van der Waals surface area contributed by atoms with Crippen LogP contribution in [0.5, 0.6) is 17.2 Å². The molecule has 10 heteroatoms. The summed E-state index contributed by atoms with van der Waals surface area (Å²) in [6.45, 7) is 1.33. The van der Waals surface area contributed by atoms with Crippen molar-refractivity contribution in [3.05, 3.63) is 72.1 Å². The maximum atomic E-state index is 13.1. The van der Waals surface area contributed by atoms with Gasteiger partial charge in [0, 0.05) is 49.2 Å². The Morgan fingerprint density at radius 2 is 1.83 bits per heavy atom. The summed E-state index contributed by atoms with van der Waals surface area (Å²) in [6.07, 6.45) is 2.97. The summed E-state index contributed by atoms with van der Waals surface area (Å²) in [5.74, 6) is 1.27. The van der Waals surface area contributed by atoms with Crippen LogP contribution >= 0.6 is 12.4 Å². The van der Waals surface area contributed by atoms with Gasteiger partial charge in [0.15, 0.2) is 6.61 Å². The van der Waals surface area contributed by atoms with Crippen LogP contribution in [0.1, 0.15) is 15.9 Å². The average Bonchev–Trinajstić information content (AvgIpc) is 3.32. The van der Waals surface area contributed by atoms with Crippen molar-refractivity contribution in [3.63, 3.8) is 0 Å². The van der Waals surface area contributed by atoms with E-state index in [4.69, 9.17) is 14.2 Å². The van der Waals surface area contributed by atoms with Gasteiger partial charge in [0.05, 0.1) is 18.7 Å². The maximum absolute atomic E-state index is 13.1. The molecule has 0 saturated carbocycles. The van der Waals surface area contributed by atoms with Gasteiger partial charge in [-0.3, -0.25) is 14.6 Å². The highest BCUT2D eigenvalue weighted by Gasteiger charge is 2.31. The monoisotopic (exact) mass is 510 g/mol. The van der Waals surface area contributed by atoms with Crippen LogP contribution in [0.4, 0.5) is 0 Å². The van der Waals surface area contributed by atoms with Crippen LogP contribution in [0.15, 0.2) is 60.9 Å². The van der Waals surface area contributed by atoms with Gasteiger partial charge in [-0.15, -0.1) is 12.4 Å². The average molecular weight is 511 g/mol. The molecular weight excluding hydrogens is 484 g/mol. The summed E-state index contributed by atoms with van der Waals surface area (Å²) in [5, 5.41) is 9.20. The summed E-state index contributed by atoms with van der Waals surface area (Å²) in [6, 6.07) is 14.4. The zero-order valence-corrected chi connectivity index (χ0v) is 20.5. The fraction of sp³-hybridized carbons (Fsp3) is 0.269. The first kappa shape index (κ1) is 25.3. The molecule has 1 fully saturated rings. The number of ether oxygens (including phenoxy) is 3. The Labute approximate surface area is 215 Å². The molecule has 0 aliphatic carbocycles. The second-order valence-electron chi connectivity index (χ2n) is 8.42. The minimum atomic E-state index is -0.259. The molecule has 2 atom stereocenters. The van der Waals surface area contributed by atoms with Crippen LogP contribution in [0.25, 0.3) is 11.1 Å². The summed E-state index contributed by atoms with van der Waals surface area (Å²) in [7, 11) is 1.57. The Bertz CT molecular complexity index is 1250. The number of hydrogen-bond donors (Lipinski definition) is 3. The van der Waals surface area contributed by atoms with Crippen LogP contribution in [0.3, 0.4) is 0 Å².